The van der Waals surface area contributed by atoms with Crippen LogP contribution in [0.5, 0.6) is 0 Å². The molecule has 0 spiro atoms. The second-order valence-corrected chi connectivity index (χ2v) is 5.93. The summed E-state index contributed by atoms with van der Waals surface area (Å²) in [6.07, 6.45) is 4.01. The molecule has 0 saturated heterocycles. The Bertz CT molecular complexity index is 559. The van der Waals surface area contributed by atoms with Crippen LogP contribution in [0.1, 0.15) is 51.2 Å². The molecule has 2 N–H and O–H groups in total. The van der Waals surface area contributed by atoms with Crippen molar-refractivity contribution in [2.24, 2.45) is 0 Å². The van der Waals surface area contributed by atoms with Crippen LogP contribution in [0.2, 0.25) is 0 Å². The Hall–Kier alpha value is -1.92. The summed E-state index contributed by atoms with van der Waals surface area (Å²) in [6.45, 7) is 6.87. The van der Waals surface area contributed by atoms with E-state index in [2.05, 4.69) is 51.4 Å². The minimum Gasteiger partial charge on any atom is -0.346 e. The fourth-order valence-corrected chi connectivity index (χ4v) is 2.00. The van der Waals surface area contributed by atoms with Gasteiger partial charge in [0.25, 0.3) is 0 Å². The molecule has 102 valence electrons. The standard InChI is InChI=1S/C12H19N7/c1-12(2,3)19-9(14-7-15-19)6-13-11-16-10(17-18-11)8-4-5-8/h7-8H,4-6H2,1-3H3,(H2,13,16,17,18). The van der Waals surface area contributed by atoms with Crippen molar-refractivity contribution >= 4 is 5.95 Å². The van der Waals surface area contributed by atoms with E-state index in [0.29, 0.717) is 18.4 Å². The van der Waals surface area contributed by atoms with Crippen molar-refractivity contribution in [2.75, 3.05) is 5.32 Å². The second kappa shape index (κ2) is 4.32. The molecule has 0 amide bonds. The Morgan fingerprint density at radius 3 is 2.89 bits per heavy atom. The lowest BCUT2D eigenvalue weighted by Gasteiger charge is -2.21. The zero-order chi connectivity index (χ0) is 13.5. The first-order valence-corrected chi connectivity index (χ1v) is 6.59. The summed E-state index contributed by atoms with van der Waals surface area (Å²) in [5.41, 5.74) is -0.0777. The largest absolute Gasteiger partial charge is 0.346 e. The molecule has 7 nitrogen and oxygen atoms in total. The molecular formula is C12H19N7. The number of H-pyrrole nitrogens is 1. The lowest BCUT2D eigenvalue weighted by atomic mass is 10.1. The minimum atomic E-state index is -0.0777. The Balaban J connectivity index is 1.66. The summed E-state index contributed by atoms with van der Waals surface area (Å²) < 4.78 is 1.91. The smallest absolute Gasteiger partial charge is 0.242 e. The zero-order valence-corrected chi connectivity index (χ0v) is 11.5. The maximum absolute atomic E-state index is 4.43. The van der Waals surface area contributed by atoms with Gasteiger partial charge < -0.3 is 5.32 Å². The van der Waals surface area contributed by atoms with Gasteiger partial charge >= 0.3 is 0 Å². The molecule has 1 aliphatic rings. The summed E-state index contributed by atoms with van der Waals surface area (Å²) in [7, 11) is 0. The van der Waals surface area contributed by atoms with Crippen molar-refractivity contribution in [3.05, 3.63) is 18.0 Å². The molecule has 1 aliphatic carbocycles. The third kappa shape index (κ3) is 2.59. The van der Waals surface area contributed by atoms with E-state index in [1.807, 2.05) is 4.68 Å². The SMILES string of the molecule is CC(C)(C)n1ncnc1CNc1n[nH]c(C2CC2)n1. The number of nitrogens with zero attached hydrogens (tertiary/aromatic N) is 5. The Morgan fingerprint density at radius 1 is 1.42 bits per heavy atom. The highest BCUT2D eigenvalue weighted by Gasteiger charge is 2.27. The number of aromatic amines is 1. The number of anilines is 1. The molecule has 1 saturated carbocycles. The quantitative estimate of drug-likeness (QED) is 0.874. The topological polar surface area (TPSA) is 84.3 Å². The zero-order valence-electron chi connectivity index (χ0n) is 11.5. The fraction of sp³-hybridized carbons (Fsp3) is 0.667. The van der Waals surface area contributed by atoms with Crippen molar-refractivity contribution in [3.8, 4) is 0 Å². The van der Waals surface area contributed by atoms with Crippen LogP contribution in [0.25, 0.3) is 0 Å². The summed E-state index contributed by atoms with van der Waals surface area (Å²) in [5, 5.41) is 14.6. The maximum atomic E-state index is 4.43. The number of rotatable bonds is 4. The van der Waals surface area contributed by atoms with Crippen LogP contribution in [0, 0.1) is 0 Å². The van der Waals surface area contributed by atoms with Crippen LogP contribution in [-0.2, 0) is 12.1 Å². The van der Waals surface area contributed by atoms with Gasteiger partial charge in [-0.05, 0) is 33.6 Å². The average molecular weight is 261 g/mol. The van der Waals surface area contributed by atoms with E-state index < -0.39 is 0 Å². The second-order valence-electron chi connectivity index (χ2n) is 5.93. The van der Waals surface area contributed by atoms with Crippen LogP contribution in [0.3, 0.4) is 0 Å². The average Bonchev–Trinajstić information content (AvgIpc) is 2.91. The van der Waals surface area contributed by atoms with E-state index in [4.69, 9.17) is 0 Å². The third-order valence-corrected chi connectivity index (χ3v) is 3.13. The van der Waals surface area contributed by atoms with Crippen molar-refractivity contribution in [2.45, 2.75) is 51.6 Å². The lowest BCUT2D eigenvalue weighted by molar-refractivity contribution is 0.343. The van der Waals surface area contributed by atoms with Gasteiger partial charge in [-0.15, -0.1) is 5.10 Å². The first kappa shape index (κ1) is 12.1. The van der Waals surface area contributed by atoms with Crippen LogP contribution in [0.4, 0.5) is 5.95 Å². The summed E-state index contributed by atoms with van der Waals surface area (Å²) >= 11 is 0. The highest BCUT2D eigenvalue weighted by atomic mass is 15.4. The van der Waals surface area contributed by atoms with Crippen molar-refractivity contribution in [1.29, 1.82) is 0 Å². The Kier molecular flexibility index (Phi) is 2.76. The van der Waals surface area contributed by atoms with Crippen molar-refractivity contribution in [1.82, 2.24) is 29.9 Å². The number of hydrogen-bond acceptors (Lipinski definition) is 5. The van der Waals surface area contributed by atoms with Crippen LogP contribution in [-0.4, -0.2) is 29.9 Å². The van der Waals surface area contributed by atoms with E-state index in [0.717, 1.165) is 11.6 Å². The van der Waals surface area contributed by atoms with Gasteiger partial charge in [-0.25, -0.2) is 9.67 Å². The first-order chi connectivity index (χ1) is 9.04. The van der Waals surface area contributed by atoms with E-state index in [-0.39, 0.29) is 5.54 Å². The van der Waals surface area contributed by atoms with Crippen LogP contribution >= 0.6 is 0 Å². The molecule has 2 heterocycles. The molecule has 0 aromatic carbocycles. The monoisotopic (exact) mass is 261 g/mol. The molecule has 2 aromatic rings. The van der Waals surface area contributed by atoms with Crippen LogP contribution in [0.15, 0.2) is 6.33 Å². The van der Waals surface area contributed by atoms with E-state index in [9.17, 15) is 0 Å². The predicted octanol–water partition coefficient (Wildman–Crippen LogP) is 1.64. The Labute approximate surface area is 111 Å². The van der Waals surface area contributed by atoms with Gasteiger partial charge in [0.1, 0.15) is 18.0 Å². The normalized spacial score (nSPS) is 15.7. The molecule has 3 rings (SSSR count). The van der Waals surface area contributed by atoms with Crippen molar-refractivity contribution < 1.29 is 0 Å². The molecule has 1 fully saturated rings. The van der Waals surface area contributed by atoms with Gasteiger partial charge in [0, 0.05) is 5.92 Å². The number of aromatic nitrogens is 6. The van der Waals surface area contributed by atoms with Gasteiger partial charge in [-0.1, -0.05) is 0 Å². The van der Waals surface area contributed by atoms with E-state index in [1.54, 1.807) is 6.33 Å². The van der Waals surface area contributed by atoms with Gasteiger partial charge in [-0.2, -0.15) is 10.1 Å². The molecule has 7 heteroatoms. The van der Waals surface area contributed by atoms with Crippen LogP contribution < -0.4 is 5.32 Å². The van der Waals surface area contributed by atoms with E-state index in [1.165, 1.54) is 12.8 Å². The molecule has 0 unspecified atom stereocenters. The van der Waals surface area contributed by atoms with Gasteiger partial charge in [0.05, 0.1) is 12.1 Å². The summed E-state index contributed by atoms with van der Waals surface area (Å²) in [5.74, 6) is 3.08. The summed E-state index contributed by atoms with van der Waals surface area (Å²) in [4.78, 5) is 8.70. The maximum Gasteiger partial charge on any atom is 0.242 e. The summed E-state index contributed by atoms with van der Waals surface area (Å²) in [6, 6.07) is 0. The molecule has 0 aliphatic heterocycles. The fourth-order valence-electron chi connectivity index (χ4n) is 2.00. The lowest BCUT2D eigenvalue weighted by Crippen LogP contribution is -2.26. The minimum absolute atomic E-state index is 0.0777. The number of hydrogen-bond donors (Lipinski definition) is 2. The highest BCUT2D eigenvalue weighted by Crippen LogP contribution is 2.38. The highest BCUT2D eigenvalue weighted by molar-refractivity contribution is 5.25. The molecule has 0 atom stereocenters. The van der Waals surface area contributed by atoms with Gasteiger partial charge in [0.2, 0.25) is 5.95 Å². The molecular weight excluding hydrogens is 242 g/mol. The van der Waals surface area contributed by atoms with E-state index >= 15 is 0 Å². The van der Waals surface area contributed by atoms with Gasteiger partial charge in [-0.3, -0.25) is 5.10 Å². The Morgan fingerprint density at radius 2 is 2.21 bits per heavy atom. The first-order valence-electron chi connectivity index (χ1n) is 6.59. The molecule has 19 heavy (non-hydrogen) atoms. The van der Waals surface area contributed by atoms with Crippen molar-refractivity contribution in [3.63, 3.8) is 0 Å². The predicted molar refractivity (Wildman–Crippen MR) is 70.7 cm³/mol. The van der Waals surface area contributed by atoms with Gasteiger partial charge in [0.15, 0.2) is 0 Å². The molecule has 0 bridgehead atoms. The third-order valence-electron chi connectivity index (χ3n) is 3.13. The number of nitrogens with one attached hydrogen (secondary N) is 2. The molecule has 2 aromatic heterocycles. The molecule has 0 radical (unpaired) electrons.